The number of rotatable bonds is 3. The summed E-state index contributed by atoms with van der Waals surface area (Å²) in [7, 11) is 0. The van der Waals surface area contributed by atoms with Crippen molar-refractivity contribution >= 4 is 34.0 Å². The highest BCUT2D eigenvalue weighted by Crippen LogP contribution is 2.27. The molecule has 1 heterocycles. The topological polar surface area (TPSA) is 44.3 Å². The van der Waals surface area contributed by atoms with Crippen LogP contribution in [0.25, 0.3) is 0 Å². The molecule has 1 saturated heterocycles. The second kappa shape index (κ2) is 6.41. The van der Waals surface area contributed by atoms with E-state index in [4.69, 9.17) is 4.74 Å². The normalized spacial score (nSPS) is 34.4. The number of halogens is 1. The van der Waals surface area contributed by atoms with Crippen molar-refractivity contribution in [1.29, 1.82) is 0 Å². The first-order chi connectivity index (χ1) is 7.71. The van der Waals surface area contributed by atoms with Crippen LogP contribution in [0.1, 0.15) is 47.5 Å². The van der Waals surface area contributed by atoms with Crippen molar-refractivity contribution in [2.45, 2.75) is 74.4 Å². The molecule has 0 bridgehead atoms. The minimum Gasteiger partial charge on any atom is -0.598 e. The Morgan fingerprint density at radius 1 is 1.41 bits per heavy atom. The van der Waals surface area contributed by atoms with Crippen molar-refractivity contribution in [2.75, 3.05) is 0 Å². The van der Waals surface area contributed by atoms with Gasteiger partial charge in [0.25, 0.3) is 0 Å². The molecular formula is C12H24INO2S. The highest BCUT2D eigenvalue weighted by Gasteiger charge is 2.34. The van der Waals surface area contributed by atoms with Crippen LogP contribution < -0.4 is 4.72 Å². The standard InChI is InChI=1S/C12H24INO2S/c1-8(14-17(15)12(3,4)5)11-7-6-10(13)9(2)16-11/h8-11,14H,6-7H2,1-5H3/t8-,9?,10?,11+,17?/m1/s1. The molecular weight excluding hydrogens is 349 g/mol. The first-order valence-corrected chi connectivity index (χ1v) is 8.59. The minimum absolute atomic E-state index is 0.140. The molecule has 0 aliphatic carbocycles. The predicted octanol–water partition coefficient (Wildman–Crippen LogP) is 2.80. The van der Waals surface area contributed by atoms with Gasteiger partial charge in [0.05, 0.1) is 18.2 Å². The Labute approximate surface area is 122 Å². The third-order valence-electron chi connectivity index (χ3n) is 3.03. The lowest BCUT2D eigenvalue weighted by Gasteiger charge is -2.36. The molecule has 1 aliphatic rings. The van der Waals surface area contributed by atoms with E-state index in [9.17, 15) is 4.55 Å². The molecule has 5 atom stereocenters. The molecule has 5 heteroatoms. The Hall–Kier alpha value is 0.960. The van der Waals surface area contributed by atoms with E-state index in [0.717, 1.165) is 6.42 Å². The maximum Gasteiger partial charge on any atom is 0.136 e. The van der Waals surface area contributed by atoms with Gasteiger partial charge in [0.2, 0.25) is 0 Å². The number of hydrogen-bond donors (Lipinski definition) is 1. The van der Waals surface area contributed by atoms with E-state index in [0.29, 0.717) is 10.0 Å². The maximum absolute atomic E-state index is 12.0. The molecule has 3 nitrogen and oxygen atoms in total. The summed E-state index contributed by atoms with van der Waals surface area (Å²) in [4.78, 5) is 0. The Balaban J connectivity index is 2.46. The fraction of sp³-hybridized carbons (Fsp3) is 1.00. The Morgan fingerprint density at radius 3 is 2.47 bits per heavy atom. The summed E-state index contributed by atoms with van der Waals surface area (Å²) in [5.41, 5.74) is 0. The van der Waals surface area contributed by atoms with Crippen molar-refractivity contribution in [3.05, 3.63) is 0 Å². The number of alkyl halides is 1. The fourth-order valence-corrected chi connectivity index (χ4v) is 3.15. The van der Waals surface area contributed by atoms with E-state index in [1.165, 1.54) is 6.42 Å². The summed E-state index contributed by atoms with van der Waals surface area (Å²) in [6, 6.07) is 0.140. The lowest BCUT2D eigenvalue weighted by molar-refractivity contribution is -0.0445. The average molecular weight is 373 g/mol. The molecule has 17 heavy (non-hydrogen) atoms. The maximum atomic E-state index is 12.0. The summed E-state index contributed by atoms with van der Waals surface area (Å²) in [5.74, 6) is 0. The molecule has 1 aliphatic heterocycles. The molecule has 102 valence electrons. The number of ether oxygens (including phenoxy) is 1. The van der Waals surface area contributed by atoms with Crippen LogP contribution in [0.15, 0.2) is 0 Å². The summed E-state index contributed by atoms with van der Waals surface area (Å²) >= 11 is 1.43. The van der Waals surface area contributed by atoms with Gasteiger partial charge in [0.1, 0.15) is 4.75 Å². The zero-order chi connectivity index (χ0) is 13.2. The molecule has 0 radical (unpaired) electrons. The molecule has 0 spiro atoms. The van der Waals surface area contributed by atoms with Gasteiger partial charge in [-0.1, -0.05) is 22.6 Å². The van der Waals surface area contributed by atoms with E-state index in [2.05, 4.69) is 41.2 Å². The summed E-state index contributed by atoms with van der Waals surface area (Å²) in [6.45, 7) is 10.1. The quantitative estimate of drug-likeness (QED) is 0.470. The van der Waals surface area contributed by atoms with Crippen LogP contribution in [0.3, 0.4) is 0 Å². The van der Waals surface area contributed by atoms with Crippen LogP contribution in [-0.4, -0.2) is 31.5 Å². The van der Waals surface area contributed by atoms with Gasteiger partial charge in [0.15, 0.2) is 0 Å². The highest BCUT2D eigenvalue weighted by atomic mass is 127. The van der Waals surface area contributed by atoms with E-state index >= 15 is 0 Å². The smallest absolute Gasteiger partial charge is 0.136 e. The van der Waals surface area contributed by atoms with E-state index in [-0.39, 0.29) is 16.9 Å². The first-order valence-electron chi connectivity index (χ1n) is 6.19. The van der Waals surface area contributed by atoms with Gasteiger partial charge in [-0.2, -0.15) is 0 Å². The van der Waals surface area contributed by atoms with Gasteiger partial charge in [-0.3, -0.25) is 0 Å². The minimum atomic E-state index is -1.02. The zero-order valence-electron chi connectivity index (χ0n) is 11.3. The number of nitrogens with one attached hydrogen (secondary N) is 1. The van der Waals surface area contributed by atoms with Gasteiger partial charge in [0, 0.05) is 15.3 Å². The Morgan fingerprint density at radius 2 is 2.00 bits per heavy atom. The van der Waals surface area contributed by atoms with Crippen LogP contribution in [0.2, 0.25) is 0 Å². The lowest BCUT2D eigenvalue weighted by atomic mass is 10.0. The summed E-state index contributed by atoms with van der Waals surface area (Å²) < 4.78 is 21.5. The predicted molar refractivity (Wildman–Crippen MR) is 81.9 cm³/mol. The summed E-state index contributed by atoms with van der Waals surface area (Å²) in [5, 5.41) is 0. The van der Waals surface area contributed by atoms with Gasteiger partial charge in [-0.15, -0.1) is 4.72 Å². The van der Waals surface area contributed by atoms with Crippen LogP contribution in [-0.2, 0) is 16.1 Å². The molecule has 0 aromatic carbocycles. The van der Waals surface area contributed by atoms with Crippen molar-refractivity contribution in [3.8, 4) is 0 Å². The third kappa shape index (κ3) is 4.86. The van der Waals surface area contributed by atoms with Gasteiger partial charge < -0.3 is 9.29 Å². The van der Waals surface area contributed by atoms with Crippen LogP contribution >= 0.6 is 22.6 Å². The second-order valence-corrected chi connectivity index (χ2v) is 9.36. The van der Waals surface area contributed by atoms with Gasteiger partial charge in [-0.25, -0.2) is 0 Å². The average Bonchev–Trinajstić information content (AvgIpc) is 2.20. The SMILES string of the molecule is CC1O[C@H]([C@@H](C)N[S+]([O-])C(C)(C)C)CCC1I. The van der Waals surface area contributed by atoms with Crippen molar-refractivity contribution < 1.29 is 9.29 Å². The van der Waals surface area contributed by atoms with Crippen LogP contribution in [0, 0.1) is 0 Å². The second-order valence-electron chi connectivity index (χ2n) is 5.76. The molecule has 1 rings (SSSR count). The van der Waals surface area contributed by atoms with E-state index in [1.807, 2.05) is 20.8 Å². The Bertz CT molecular complexity index is 247. The van der Waals surface area contributed by atoms with Crippen LogP contribution in [0.4, 0.5) is 0 Å². The molecule has 1 fully saturated rings. The van der Waals surface area contributed by atoms with Crippen molar-refractivity contribution in [1.82, 2.24) is 4.72 Å². The molecule has 0 saturated carbocycles. The monoisotopic (exact) mass is 373 g/mol. The molecule has 1 N–H and O–H groups in total. The lowest BCUT2D eigenvalue weighted by Crippen LogP contribution is -2.51. The molecule has 0 aromatic rings. The largest absolute Gasteiger partial charge is 0.598 e. The zero-order valence-corrected chi connectivity index (χ0v) is 14.3. The Kier molecular flexibility index (Phi) is 6.04. The van der Waals surface area contributed by atoms with Crippen LogP contribution in [0.5, 0.6) is 0 Å². The molecule has 0 aromatic heterocycles. The molecule has 3 unspecified atom stereocenters. The first kappa shape index (κ1) is 16.0. The highest BCUT2D eigenvalue weighted by molar-refractivity contribution is 14.1. The third-order valence-corrected chi connectivity index (χ3v) is 6.37. The van der Waals surface area contributed by atoms with E-state index in [1.54, 1.807) is 0 Å². The van der Waals surface area contributed by atoms with Gasteiger partial charge >= 0.3 is 0 Å². The van der Waals surface area contributed by atoms with Crippen molar-refractivity contribution in [3.63, 3.8) is 0 Å². The molecule has 0 amide bonds. The summed E-state index contributed by atoms with van der Waals surface area (Å²) in [6.07, 6.45) is 2.71. The fourth-order valence-electron chi connectivity index (χ4n) is 1.78. The van der Waals surface area contributed by atoms with Crippen molar-refractivity contribution in [2.24, 2.45) is 0 Å². The van der Waals surface area contributed by atoms with Gasteiger partial charge in [-0.05, 0) is 47.5 Å². The number of hydrogen-bond acceptors (Lipinski definition) is 3. The van der Waals surface area contributed by atoms with E-state index < -0.39 is 11.4 Å².